The molecule has 3 rings (SSSR count). The van der Waals surface area contributed by atoms with E-state index in [4.69, 9.17) is 0 Å². The number of rotatable bonds is 5. The van der Waals surface area contributed by atoms with Gasteiger partial charge in [-0.1, -0.05) is 12.1 Å². The van der Waals surface area contributed by atoms with Gasteiger partial charge in [-0.3, -0.25) is 4.79 Å². The Kier molecular flexibility index (Phi) is 5.76. The lowest BCUT2D eigenvalue weighted by molar-refractivity contribution is -0.137. The van der Waals surface area contributed by atoms with Crippen LogP contribution in [-0.2, 0) is 22.7 Å². The Balaban J connectivity index is 1.61. The predicted octanol–water partition coefficient (Wildman–Crippen LogP) is 3.42. The van der Waals surface area contributed by atoms with E-state index in [0.29, 0.717) is 18.7 Å². The zero-order valence-corrected chi connectivity index (χ0v) is 15.7. The van der Waals surface area contributed by atoms with Crippen molar-refractivity contribution in [2.24, 2.45) is 0 Å². The predicted molar refractivity (Wildman–Crippen MR) is 97.0 cm³/mol. The van der Waals surface area contributed by atoms with Crippen molar-refractivity contribution in [3.63, 3.8) is 0 Å². The quantitative estimate of drug-likeness (QED) is 0.818. The molecule has 1 fully saturated rings. The van der Waals surface area contributed by atoms with Gasteiger partial charge in [0.2, 0.25) is 10.0 Å². The number of alkyl halides is 3. The van der Waals surface area contributed by atoms with E-state index in [0.717, 1.165) is 37.1 Å². The first-order chi connectivity index (χ1) is 13.2. The van der Waals surface area contributed by atoms with Gasteiger partial charge in [0.1, 0.15) is 0 Å². The van der Waals surface area contributed by atoms with Gasteiger partial charge in [-0.15, -0.1) is 0 Å². The van der Waals surface area contributed by atoms with Crippen LogP contribution in [0, 0.1) is 0 Å². The van der Waals surface area contributed by atoms with Gasteiger partial charge in [-0.2, -0.15) is 17.5 Å². The molecule has 2 aromatic rings. The monoisotopic (exact) mass is 412 g/mol. The molecule has 0 aliphatic carbocycles. The van der Waals surface area contributed by atoms with Crippen LogP contribution < -0.4 is 5.32 Å². The van der Waals surface area contributed by atoms with Gasteiger partial charge in [-0.25, -0.2) is 8.42 Å². The molecule has 0 aromatic heterocycles. The van der Waals surface area contributed by atoms with Crippen LogP contribution in [-0.4, -0.2) is 31.7 Å². The number of benzene rings is 2. The van der Waals surface area contributed by atoms with Crippen LogP contribution in [0.1, 0.15) is 34.3 Å². The average Bonchev–Trinajstić information content (AvgIpc) is 3.21. The smallest absolute Gasteiger partial charge is 0.348 e. The minimum Gasteiger partial charge on any atom is -0.348 e. The van der Waals surface area contributed by atoms with Crippen LogP contribution in [0.15, 0.2) is 53.4 Å². The van der Waals surface area contributed by atoms with Crippen molar-refractivity contribution in [3.8, 4) is 0 Å². The maximum Gasteiger partial charge on any atom is 0.416 e. The molecular formula is C19H19F3N2O3S. The first-order valence-corrected chi connectivity index (χ1v) is 10.2. The van der Waals surface area contributed by atoms with Crippen molar-refractivity contribution in [2.45, 2.75) is 30.5 Å². The van der Waals surface area contributed by atoms with E-state index in [1.807, 2.05) is 0 Å². The molecule has 150 valence electrons. The first-order valence-electron chi connectivity index (χ1n) is 8.72. The van der Waals surface area contributed by atoms with E-state index < -0.39 is 27.7 Å². The molecule has 0 bridgehead atoms. The zero-order chi connectivity index (χ0) is 20.4. The number of sulfonamides is 1. The van der Waals surface area contributed by atoms with Crippen molar-refractivity contribution in [3.05, 3.63) is 65.2 Å². The molecule has 1 amide bonds. The summed E-state index contributed by atoms with van der Waals surface area (Å²) < 4.78 is 64.1. The molecule has 0 atom stereocenters. The molecule has 0 unspecified atom stereocenters. The normalized spacial score (nSPS) is 15.5. The lowest BCUT2D eigenvalue weighted by Gasteiger charge is -2.15. The van der Waals surface area contributed by atoms with E-state index in [1.165, 1.54) is 16.4 Å². The first kappa shape index (κ1) is 20.3. The van der Waals surface area contributed by atoms with Crippen LogP contribution in [0.2, 0.25) is 0 Å². The Labute approximate surface area is 161 Å². The number of halogens is 3. The fourth-order valence-electron chi connectivity index (χ4n) is 2.95. The summed E-state index contributed by atoms with van der Waals surface area (Å²) in [5, 5.41) is 2.61. The minimum atomic E-state index is -4.45. The summed E-state index contributed by atoms with van der Waals surface area (Å²) >= 11 is 0. The van der Waals surface area contributed by atoms with Gasteiger partial charge in [-0.05, 0) is 54.8 Å². The third kappa shape index (κ3) is 4.53. The Bertz CT molecular complexity index is 934. The standard InChI is InChI=1S/C19H19F3N2O3S/c20-19(21,22)16-7-5-15(6-8-16)18(25)23-13-14-3-9-17(10-4-14)28(26,27)24-11-1-2-12-24/h3-10H,1-2,11-13H2,(H,23,25). The molecule has 1 aliphatic heterocycles. The van der Waals surface area contributed by atoms with E-state index in [1.54, 1.807) is 12.1 Å². The second kappa shape index (κ2) is 7.92. The van der Waals surface area contributed by atoms with Gasteiger partial charge in [0.05, 0.1) is 10.5 Å². The van der Waals surface area contributed by atoms with E-state index >= 15 is 0 Å². The molecule has 2 aromatic carbocycles. The highest BCUT2D eigenvalue weighted by Crippen LogP contribution is 2.29. The molecule has 1 aliphatic rings. The SMILES string of the molecule is O=C(NCc1ccc(S(=O)(=O)N2CCCC2)cc1)c1ccc(C(F)(F)F)cc1. The van der Waals surface area contributed by atoms with Crippen molar-refractivity contribution in [2.75, 3.05) is 13.1 Å². The molecule has 28 heavy (non-hydrogen) atoms. The van der Waals surface area contributed by atoms with Gasteiger partial charge in [0.25, 0.3) is 5.91 Å². The van der Waals surface area contributed by atoms with Gasteiger partial charge in [0.15, 0.2) is 0 Å². The molecular weight excluding hydrogens is 393 g/mol. The van der Waals surface area contributed by atoms with Gasteiger partial charge < -0.3 is 5.32 Å². The molecule has 0 spiro atoms. The molecule has 0 radical (unpaired) electrons. The van der Waals surface area contributed by atoms with Crippen LogP contribution in [0.3, 0.4) is 0 Å². The molecule has 5 nitrogen and oxygen atoms in total. The highest BCUT2D eigenvalue weighted by atomic mass is 32.2. The molecule has 1 heterocycles. The summed E-state index contributed by atoms with van der Waals surface area (Å²) in [5.41, 5.74) is -0.0271. The van der Waals surface area contributed by atoms with E-state index in [2.05, 4.69) is 5.32 Å². The number of nitrogens with zero attached hydrogens (tertiary/aromatic N) is 1. The maximum atomic E-state index is 12.6. The molecule has 9 heteroatoms. The lowest BCUT2D eigenvalue weighted by atomic mass is 10.1. The maximum absolute atomic E-state index is 12.6. The third-order valence-electron chi connectivity index (χ3n) is 4.55. The number of hydrogen-bond donors (Lipinski definition) is 1. The number of hydrogen-bond acceptors (Lipinski definition) is 3. The second-order valence-electron chi connectivity index (χ2n) is 6.51. The number of nitrogens with one attached hydrogen (secondary N) is 1. The van der Waals surface area contributed by atoms with Crippen LogP contribution in [0.25, 0.3) is 0 Å². The van der Waals surface area contributed by atoms with Crippen LogP contribution in [0.4, 0.5) is 13.2 Å². The second-order valence-corrected chi connectivity index (χ2v) is 8.45. The Hall–Kier alpha value is -2.39. The Morgan fingerprint density at radius 2 is 1.54 bits per heavy atom. The highest BCUT2D eigenvalue weighted by molar-refractivity contribution is 7.89. The minimum absolute atomic E-state index is 0.112. The Morgan fingerprint density at radius 3 is 2.07 bits per heavy atom. The summed E-state index contributed by atoms with van der Waals surface area (Å²) in [7, 11) is -3.49. The molecule has 0 saturated carbocycles. The molecule has 1 saturated heterocycles. The number of carbonyl (C=O) groups is 1. The van der Waals surface area contributed by atoms with Crippen LogP contribution >= 0.6 is 0 Å². The highest BCUT2D eigenvalue weighted by Gasteiger charge is 2.30. The Morgan fingerprint density at radius 1 is 0.964 bits per heavy atom. The van der Waals surface area contributed by atoms with Gasteiger partial charge >= 0.3 is 6.18 Å². The zero-order valence-electron chi connectivity index (χ0n) is 14.9. The summed E-state index contributed by atoms with van der Waals surface area (Å²) in [4.78, 5) is 12.3. The van der Waals surface area contributed by atoms with Crippen molar-refractivity contribution in [1.29, 1.82) is 0 Å². The van der Waals surface area contributed by atoms with Gasteiger partial charge in [0, 0.05) is 25.2 Å². The van der Waals surface area contributed by atoms with E-state index in [9.17, 15) is 26.4 Å². The van der Waals surface area contributed by atoms with Crippen molar-refractivity contribution in [1.82, 2.24) is 9.62 Å². The van der Waals surface area contributed by atoms with Crippen molar-refractivity contribution >= 4 is 15.9 Å². The average molecular weight is 412 g/mol. The largest absolute Gasteiger partial charge is 0.416 e. The molecule has 1 N–H and O–H groups in total. The number of carbonyl (C=O) groups excluding carboxylic acids is 1. The fraction of sp³-hybridized carbons (Fsp3) is 0.316. The third-order valence-corrected chi connectivity index (χ3v) is 6.47. The summed E-state index contributed by atoms with van der Waals surface area (Å²) in [5.74, 6) is -0.512. The summed E-state index contributed by atoms with van der Waals surface area (Å²) in [6.07, 6.45) is -2.74. The summed E-state index contributed by atoms with van der Waals surface area (Å²) in [6.45, 7) is 1.17. The summed E-state index contributed by atoms with van der Waals surface area (Å²) in [6, 6.07) is 10.1. The van der Waals surface area contributed by atoms with E-state index in [-0.39, 0.29) is 17.0 Å². The topological polar surface area (TPSA) is 66.5 Å². The fourth-order valence-corrected chi connectivity index (χ4v) is 4.47. The lowest BCUT2D eigenvalue weighted by Crippen LogP contribution is -2.28. The van der Waals surface area contributed by atoms with Crippen LogP contribution in [0.5, 0.6) is 0 Å². The number of amides is 1. The van der Waals surface area contributed by atoms with Crippen molar-refractivity contribution < 1.29 is 26.4 Å².